The van der Waals surface area contributed by atoms with Crippen LogP contribution in [0.5, 0.6) is 0 Å². The van der Waals surface area contributed by atoms with Crippen molar-refractivity contribution in [2.24, 2.45) is 5.92 Å². The minimum absolute atomic E-state index is 0.663. The summed E-state index contributed by atoms with van der Waals surface area (Å²) in [5.74, 6) is 0.814. The summed E-state index contributed by atoms with van der Waals surface area (Å²) in [6.45, 7) is 8.16. The Kier molecular flexibility index (Phi) is 7.62. The number of methoxy groups -OCH3 is 1. The zero-order valence-corrected chi connectivity index (χ0v) is 12.0. The highest BCUT2D eigenvalue weighted by molar-refractivity contribution is 9.09. The van der Waals surface area contributed by atoms with Crippen molar-refractivity contribution in [3.8, 4) is 0 Å². The molecule has 16 heavy (non-hydrogen) atoms. The second-order valence-corrected chi connectivity index (χ2v) is 5.72. The molecule has 1 aliphatic heterocycles. The van der Waals surface area contributed by atoms with E-state index < -0.39 is 0 Å². The molecule has 1 fully saturated rings. The molecule has 1 heterocycles. The maximum absolute atomic E-state index is 5.45. The maximum atomic E-state index is 5.45. The van der Waals surface area contributed by atoms with Crippen LogP contribution in [0.3, 0.4) is 0 Å². The molecule has 1 aliphatic rings. The van der Waals surface area contributed by atoms with Gasteiger partial charge in [-0.1, -0.05) is 22.9 Å². The average Bonchev–Trinajstić information content (AvgIpc) is 2.28. The zero-order valence-electron chi connectivity index (χ0n) is 10.5. The molecule has 1 saturated heterocycles. The summed E-state index contributed by atoms with van der Waals surface area (Å²) in [5, 5.41) is 0. The van der Waals surface area contributed by atoms with Gasteiger partial charge in [-0.05, 0) is 25.3 Å². The van der Waals surface area contributed by atoms with Gasteiger partial charge >= 0.3 is 0 Å². The standard InChI is InChI=1S/C12H24BrNO2/c1-11-4-6-14(10-12(11)13)5-3-7-16-9-8-15-2/h11-12H,3-10H2,1-2H3. The Morgan fingerprint density at radius 2 is 2.12 bits per heavy atom. The monoisotopic (exact) mass is 293 g/mol. The van der Waals surface area contributed by atoms with Gasteiger partial charge in [0.05, 0.1) is 13.2 Å². The van der Waals surface area contributed by atoms with E-state index in [2.05, 4.69) is 27.8 Å². The Bertz CT molecular complexity index is 180. The van der Waals surface area contributed by atoms with Crippen LogP contribution in [0.25, 0.3) is 0 Å². The topological polar surface area (TPSA) is 21.7 Å². The Morgan fingerprint density at radius 1 is 1.31 bits per heavy atom. The first-order valence-electron chi connectivity index (χ1n) is 6.17. The lowest BCUT2D eigenvalue weighted by Gasteiger charge is -2.34. The van der Waals surface area contributed by atoms with Crippen LogP contribution in [0.4, 0.5) is 0 Å². The normalized spacial score (nSPS) is 27.2. The first-order valence-corrected chi connectivity index (χ1v) is 7.08. The molecule has 2 atom stereocenters. The molecule has 3 nitrogen and oxygen atoms in total. The summed E-state index contributed by atoms with van der Waals surface area (Å²) in [5.41, 5.74) is 0. The van der Waals surface area contributed by atoms with Gasteiger partial charge in [-0.25, -0.2) is 0 Å². The smallest absolute Gasteiger partial charge is 0.0700 e. The van der Waals surface area contributed by atoms with E-state index in [1.165, 1.54) is 19.5 Å². The lowest BCUT2D eigenvalue weighted by Crippen LogP contribution is -2.40. The van der Waals surface area contributed by atoms with Crippen molar-refractivity contribution in [3.63, 3.8) is 0 Å². The molecule has 0 aromatic carbocycles. The Labute approximate surface area is 108 Å². The fourth-order valence-electron chi connectivity index (χ4n) is 1.92. The van der Waals surface area contributed by atoms with Gasteiger partial charge in [0.1, 0.15) is 0 Å². The molecular weight excluding hydrogens is 270 g/mol. The molecule has 0 spiro atoms. The highest BCUT2D eigenvalue weighted by Gasteiger charge is 2.23. The molecule has 4 heteroatoms. The number of likely N-dealkylation sites (tertiary alicyclic amines) is 1. The Hall–Kier alpha value is 0.360. The Morgan fingerprint density at radius 3 is 2.81 bits per heavy atom. The van der Waals surface area contributed by atoms with Crippen LogP contribution in [0.1, 0.15) is 19.8 Å². The van der Waals surface area contributed by atoms with Gasteiger partial charge in [-0.3, -0.25) is 0 Å². The fourth-order valence-corrected chi connectivity index (χ4v) is 2.60. The van der Waals surface area contributed by atoms with E-state index in [1.807, 2.05) is 0 Å². The zero-order chi connectivity index (χ0) is 11.8. The summed E-state index contributed by atoms with van der Waals surface area (Å²) in [7, 11) is 1.70. The van der Waals surface area contributed by atoms with Crippen LogP contribution < -0.4 is 0 Å². The molecule has 0 amide bonds. The van der Waals surface area contributed by atoms with Gasteiger partial charge in [0.25, 0.3) is 0 Å². The number of piperidine rings is 1. The van der Waals surface area contributed by atoms with Crippen molar-refractivity contribution in [3.05, 3.63) is 0 Å². The van der Waals surface area contributed by atoms with Crippen molar-refractivity contribution >= 4 is 15.9 Å². The van der Waals surface area contributed by atoms with Crippen LogP contribution in [0.15, 0.2) is 0 Å². The van der Waals surface area contributed by atoms with E-state index in [0.29, 0.717) is 18.0 Å². The fraction of sp³-hybridized carbons (Fsp3) is 1.00. The number of alkyl halides is 1. The number of rotatable bonds is 7. The van der Waals surface area contributed by atoms with E-state index in [0.717, 1.165) is 25.5 Å². The van der Waals surface area contributed by atoms with E-state index in [-0.39, 0.29) is 0 Å². The number of ether oxygens (including phenoxy) is 2. The molecule has 1 rings (SSSR count). The van der Waals surface area contributed by atoms with Crippen LogP contribution in [-0.2, 0) is 9.47 Å². The predicted molar refractivity (Wildman–Crippen MR) is 70.2 cm³/mol. The third-order valence-electron chi connectivity index (χ3n) is 3.15. The summed E-state index contributed by atoms with van der Waals surface area (Å²) in [4.78, 5) is 3.19. The highest BCUT2D eigenvalue weighted by Crippen LogP contribution is 2.23. The van der Waals surface area contributed by atoms with E-state index in [9.17, 15) is 0 Å². The van der Waals surface area contributed by atoms with Crippen molar-refractivity contribution in [2.75, 3.05) is 46.6 Å². The highest BCUT2D eigenvalue weighted by atomic mass is 79.9. The summed E-state index contributed by atoms with van der Waals surface area (Å²) >= 11 is 3.75. The van der Waals surface area contributed by atoms with Crippen molar-refractivity contribution in [1.82, 2.24) is 4.90 Å². The number of hydrogen-bond donors (Lipinski definition) is 0. The lowest BCUT2D eigenvalue weighted by molar-refractivity contribution is 0.0636. The molecule has 0 N–H and O–H groups in total. The van der Waals surface area contributed by atoms with Gasteiger partial charge in [0.15, 0.2) is 0 Å². The van der Waals surface area contributed by atoms with E-state index in [4.69, 9.17) is 9.47 Å². The van der Waals surface area contributed by atoms with Gasteiger partial charge in [0, 0.05) is 31.6 Å². The first kappa shape index (κ1) is 14.4. The summed E-state index contributed by atoms with van der Waals surface area (Å²) in [6, 6.07) is 0. The SMILES string of the molecule is COCCOCCCN1CCC(C)C(Br)C1. The number of halogens is 1. The van der Waals surface area contributed by atoms with E-state index >= 15 is 0 Å². The molecule has 96 valence electrons. The van der Waals surface area contributed by atoms with Gasteiger partial charge in [-0.2, -0.15) is 0 Å². The summed E-state index contributed by atoms with van der Waals surface area (Å²) in [6.07, 6.45) is 2.43. The van der Waals surface area contributed by atoms with E-state index in [1.54, 1.807) is 7.11 Å². The first-order chi connectivity index (χ1) is 7.74. The largest absolute Gasteiger partial charge is 0.382 e. The Balaban J connectivity index is 1.97. The van der Waals surface area contributed by atoms with Crippen LogP contribution in [-0.4, -0.2) is 56.3 Å². The number of nitrogens with zero attached hydrogens (tertiary/aromatic N) is 1. The molecule has 2 unspecified atom stereocenters. The quantitative estimate of drug-likeness (QED) is 0.530. The van der Waals surface area contributed by atoms with Crippen molar-refractivity contribution in [1.29, 1.82) is 0 Å². The molecule has 0 aliphatic carbocycles. The average molecular weight is 294 g/mol. The third kappa shape index (κ3) is 5.62. The van der Waals surface area contributed by atoms with Crippen LogP contribution >= 0.6 is 15.9 Å². The van der Waals surface area contributed by atoms with Crippen LogP contribution in [0, 0.1) is 5.92 Å². The third-order valence-corrected chi connectivity index (χ3v) is 4.34. The molecule has 0 aromatic heterocycles. The van der Waals surface area contributed by atoms with Gasteiger partial charge < -0.3 is 14.4 Å². The number of hydrogen-bond acceptors (Lipinski definition) is 3. The molecule has 0 radical (unpaired) electrons. The van der Waals surface area contributed by atoms with Gasteiger partial charge in [0.2, 0.25) is 0 Å². The minimum Gasteiger partial charge on any atom is -0.382 e. The van der Waals surface area contributed by atoms with Gasteiger partial charge in [-0.15, -0.1) is 0 Å². The second kappa shape index (κ2) is 8.45. The molecular formula is C12H24BrNO2. The maximum Gasteiger partial charge on any atom is 0.0700 e. The van der Waals surface area contributed by atoms with Crippen molar-refractivity contribution in [2.45, 2.75) is 24.6 Å². The minimum atomic E-state index is 0.663. The second-order valence-electron chi connectivity index (χ2n) is 4.54. The van der Waals surface area contributed by atoms with Crippen LogP contribution in [0.2, 0.25) is 0 Å². The van der Waals surface area contributed by atoms with Crippen molar-refractivity contribution < 1.29 is 9.47 Å². The summed E-state index contributed by atoms with van der Waals surface area (Å²) < 4.78 is 10.4. The lowest BCUT2D eigenvalue weighted by atomic mass is 9.99. The molecule has 0 aromatic rings. The molecule has 0 bridgehead atoms. The predicted octanol–water partition coefficient (Wildman–Crippen LogP) is 2.14. The molecule has 0 saturated carbocycles.